The van der Waals surface area contributed by atoms with E-state index in [-0.39, 0.29) is 97.2 Å². The molecular formula is C87H71F9LiN13O+2. The largest absolute Gasteiger partial charge is 1.00 e. The van der Waals surface area contributed by atoms with Gasteiger partial charge in [-0.2, -0.15) is 21.0 Å². The molecule has 6 heterocycles. The number of aromatic amines is 1. The van der Waals surface area contributed by atoms with E-state index in [1.165, 1.54) is 83.4 Å². The zero-order chi connectivity index (χ0) is 78.3. The molecule has 4 aliphatic heterocycles. The summed E-state index contributed by atoms with van der Waals surface area (Å²) in [5.41, 5.74) is 6.25. The summed E-state index contributed by atoms with van der Waals surface area (Å²) in [5, 5.41) is 51.7. The molecule has 2 spiro atoms. The quantitative estimate of drug-likeness (QED) is 0.0410. The number of nitriles is 4. The van der Waals surface area contributed by atoms with Crippen LogP contribution in [0.4, 0.5) is 68.0 Å². The fraction of sp³-hybridized carbons (Fsp3) is 0.218. The number of aryl methyl sites for hydroxylation is 1. The summed E-state index contributed by atoms with van der Waals surface area (Å²) in [6, 6.07) is 48.5. The summed E-state index contributed by atoms with van der Waals surface area (Å²) >= 11 is 0. The van der Waals surface area contributed by atoms with Gasteiger partial charge in [0.1, 0.15) is 41.5 Å². The fourth-order valence-electron chi connectivity index (χ4n) is 17.1. The van der Waals surface area contributed by atoms with Crippen LogP contribution in [-0.4, -0.2) is 84.1 Å². The minimum absolute atomic E-state index is 0. The number of anilines is 5. The van der Waals surface area contributed by atoms with Crippen molar-refractivity contribution in [2.45, 2.75) is 62.9 Å². The number of allylic oxidation sites excluding steroid dienone is 3. The van der Waals surface area contributed by atoms with Gasteiger partial charge in [0.25, 0.3) is 0 Å². The normalized spacial score (nSPS) is 15.6. The second-order valence-corrected chi connectivity index (χ2v) is 28.3. The van der Waals surface area contributed by atoms with Crippen LogP contribution >= 0.6 is 0 Å². The molecule has 552 valence electrons. The molecule has 0 saturated heterocycles. The molecule has 14 nitrogen and oxygen atoms in total. The van der Waals surface area contributed by atoms with E-state index in [4.69, 9.17) is 0 Å². The second-order valence-electron chi connectivity index (χ2n) is 28.3. The van der Waals surface area contributed by atoms with Crippen LogP contribution in [0.1, 0.15) is 71.7 Å². The number of nitrogens with one attached hydrogen (secondary N) is 1. The number of pyridine rings is 2. The molecule has 2 aromatic heterocycles. The van der Waals surface area contributed by atoms with Crippen LogP contribution in [0.2, 0.25) is 0 Å². The summed E-state index contributed by atoms with van der Waals surface area (Å²) in [5.74, 6) is -17.5. The van der Waals surface area contributed by atoms with Crippen molar-refractivity contribution in [2.75, 3.05) is 87.4 Å². The first-order chi connectivity index (χ1) is 52.8. The van der Waals surface area contributed by atoms with Crippen molar-refractivity contribution in [3.05, 3.63) is 273 Å². The summed E-state index contributed by atoms with van der Waals surface area (Å²) in [7, 11) is 17.6. The van der Waals surface area contributed by atoms with Crippen molar-refractivity contribution >= 4 is 50.5 Å². The number of halogens is 9. The molecule has 1 unspecified atom stereocenters. The van der Waals surface area contributed by atoms with Crippen molar-refractivity contribution in [1.82, 2.24) is 9.80 Å². The molecule has 0 amide bonds. The number of fused-ring (bicyclic) bond motifs is 13. The van der Waals surface area contributed by atoms with E-state index in [0.717, 1.165) is 62.5 Å². The minimum atomic E-state index is -2.36. The second kappa shape index (κ2) is 29.9. The minimum Gasteiger partial charge on any atom is -0.868 e. The Morgan fingerprint density at radius 3 is 1.39 bits per heavy atom. The van der Waals surface area contributed by atoms with Crippen molar-refractivity contribution < 1.29 is 73.0 Å². The van der Waals surface area contributed by atoms with Crippen molar-refractivity contribution in [2.24, 2.45) is 0 Å². The molecule has 1 atom stereocenters. The first kappa shape index (κ1) is 76.8. The molecule has 8 aromatic carbocycles. The molecule has 1 saturated carbocycles. The number of nitrogens with zero attached hydrogens (tertiary/aromatic N) is 12. The summed E-state index contributed by atoms with van der Waals surface area (Å²) in [6.45, 7) is 3.06. The number of benzene rings is 8. The van der Waals surface area contributed by atoms with Crippen LogP contribution in [-0.2, 0) is 6.54 Å². The molecule has 17 rings (SSSR count). The maximum absolute atomic E-state index is 15.1. The van der Waals surface area contributed by atoms with Gasteiger partial charge in [-0.15, -0.1) is 0 Å². The third-order valence-corrected chi connectivity index (χ3v) is 22.4. The molecular weight excluding hydrogens is 1420 g/mol. The number of H-pyrrole nitrogens is 1. The molecule has 1 fully saturated rings. The number of hydrogen-bond donors (Lipinski definition) is 0. The maximum Gasteiger partial charge on any atom is 1.00 e. The zero-order valence-electron chi connectivity index (χ0n) is 62.4. The molecule has 3 aliphatic carbocycles. The van der Waals surface area contributed by atoms with Gasteiger partial charge in [-0.25, -0.2) is 49.1 Å². The van der Waals surface area contributed by atoms with Crippen LogP contribution in [0.3, 0.4) is 0 Å². The number of rotatable bonds is 4. The summed E-state index contributed by atoms with van der Waals surface area (Å²) in [6.07, 6.45) is 16.9. The topological polar surface area (TPSA) is 159 Å². The Balaban J connectivity index is 0.000000150. The molecule has 0 bridgehead atoms. The van der Waals surface area contributed by atoms with Crippen molar-refractivity contribution in [3.8, 4) is 74.5 Å². The first-order valence-corrected chi connectivity index (χ1v) is 35.5. The van der Waals surface area contributed by atoms with E-state index in [2.05, 4.69) is 185 Å². The van der Waals surface area contributed by atoms with Crippen molar-refractivity contribution in [3.63, 3.8) is 0 Å². The molecule has 7 aliphatic rings. The average Bonchev–Trinajstić information content (AvgIpc) is 1.50. The predicted molar refractivity (Wildman–Crippen MR) is 403 cm³/mol. The third-order valence-electron chi connectivity index (χ3n) is 22.4. The van der Waals surface area contributed by atoms with Crippen LogP contribution in [0.15, 0.2) is 187 Å². The monoisotopic (exact) mass is 1490 g/mol. The third kappa shape index (κ3) is 12.2. The van der Waals surface area contributed by atoms with Crippen LogP contribution in [0, 0.1) is 105 Å². The number of para-hydroxylation sites is 5. The van der Waals surface area contributed by atoms with Crippen LogP contribution in [0.25, 0.3) is 66.6 Å². The smallest absolute Gasteiger partial charge is 0.868 e. The van der Waals surface area contributed by atoms with E-state index >= 15 is 8.78 Å². The molecule has 24 heteroatoms. The van der Waals surface area contributed by atoms with Gasteiger partial charge in [0, 0.05) is 127 Å². The van der Waals surface area contributed by atoms with E-state index in [0.29, 0.717) is 11.6 Å². The van der Waals surface area contributed by atoms with Gasteiger partial charge in [0.05, 0.1) is 33.9 Å². The Morgan fingerprint density at radius 1 is 0.505 bits per heavy atom. The van der Waals surface area contributed by atoms with Crippen LogP contribution < -0.4 is 58.0 Å². The van der Waals surface area contributed by atoms with Gasteiger partial charge in [0.15, 0.2) is 76.8 Å². The van der Waals surface area contributed by atoms with Gasteiger partial charge in [0.2, 0.25) is 17.0 Å². The Hall–Kier alpha value is -12.4. The van der Waals surface area contributed by atoms with Gasteiger partial charge in [-0.1, -0.05) is 60.7 Å². The Kier molecular flexibility index (Phi) is 20.7. The SMILES string of the molecule is CN(C)C1=CC2c3cc(N(C)C)cc[n+]3CCCN2C=C1.CN1c2ccccc2N(C)C12CCCCC21N(C)c2ccccc2N1C.Cc1c(F)c(F)c(-c2ccc3c(c2)C(=C(C#N)C#N)c2cc4c(cc2-3)C(=C(C#N)C#N)c2cc(-c3c(F)c(F)c(F)c(F)c3F)ccc2-4)c(F)c1F.[Li+].[O-]c1cccc2ccc[nH+]c12. The van der Waals surface area contributed by atoms with Gasteiger partial charge in [-0.05, 0) is 167 Å². The van der Waals surface area contributed by atoms with Gasteiger partial charge < -0.3 is 39.4 Å². The zero-order valence-corrected chi connectivity index (χ0v) is 62.4. The fourth-order valence-corrected chi connectivity index (χ4v) is 17.1. The van der Waals surface area contributed by atoms with E-state index in [9.17, 15) is 56.9 Å². The number of aromatic nitrogens is 2. The van der Waals surface area contributed by atoms with Gasteiger partial charge >= 0.3 is 18.9 Å². The van der Waals surface area contributed by atoms with Gasteiger partial charge in [-0.3, -0.25) is 0 Å². The average molecular weight is 1490 g/mol. The van der Waals surface area contributed by atoms with E-state index in [1.54, 1.807) is 42.6 Å². The van der Waals surface area contributed by atoms with E-state index in [1.807, 2.05) is 18.2 Å². The van der Waals surface area contributed by atoms with Crippen molar-refractivity contribution in [1.29, 1.82) is 21.0 Å². The molecule has 0 radical (unpaired) electrons. The molecule has 1 N–H and O–H groups in total. The number of hydrogen-bond acceptors (Lipinski definition) is 12. The standard InChI is InChI=1S/C39H11F9N4.C22H28N4.C17H25N4.C9H7NO.Li/c1-14-31(40)33(42)29(34(43)32(14)41)15-2-4-19-21-8-26-22(9-25(21)27(23(19)6-15)17(10-49)11-50)20-5-3-16(7-24(20)28(26)18(12-51)13-52)30-35(44)37(46)39(48)38(47)36(30)45;1-23-17-11-5-6-12-18(17)24(2)21(23)15-9-10-16-22(21)25(3)19-13-7-8-14-20(19)26(22)4;1-18(2)14-6-10-20-8-5-9-21-11-7-15(19(3)4)13-17(21)16(20)12-14;11-8-5-1-3-7-4-2-6-10-9(7)8;/h2-9H,1H3;5-8,11-14H,9-10,15-16H2,1-4H3;6-7,10-13,16H,5,8-9H2,1-4H3;1-6,11H;/q;;+1;;+1. The summed E-state index contributed by atoms with van der Waals surface area (Å²) in [4.78, 5) is 19.9. The maximum atomic E-state index is 15.1. The van der Waals surface area contributed by atoms with Crippen LogP contribution in [0.5, 0.6) is 5.75 Å². The predicted octanol–water partition coefficient (Wildman–Crippen LogP) is 13.9. The number of likely N-dealkylation sites (N-methyl/N-ethyl adjacent to an activating group) is 5. The summed E-state index contributed by atoms with van der Waals surface area (Å²) < 4.78 is 133. The Bertz CT molecular complexity index is 5430. The first-order valence-electron chi connectivity index (χ1n) is 35.5. The Morgan fingerprint density at radius 2 is 0.946 bits per heavy atom. The van der Waals surface area contributed by atoms with E-state index < -0.39 is 85.8 Å². The Labute approximate surface area is 648 Å². The molecule has 10 aromatic rings. The molecule has 111 heavy (non-hydrogen) atoms.